The number of alkyl halides is 3. The van der Waals surface area contributed by atoms with Gasteiger partial charge in [-0.2, -0.15) is 18.3 Å². The standard InChI is InChI=1S/C15H23F3N4O2/c1-9(19-14(24)21-5-4-12(6-21)7-23)13-10(2)20-22(11(13)3)8-15(16,17)18/h9,12,23H,4-8H2,1-3H3,(H,19,24). The Bertz CT molecular complexity index is 600. The summed E-state index contributed by atoms with van der Waals surface area (Å²) in [5.41, 5.74) is 1.47. The first-order valence-corrected chi connectivity index (χ1v) is 7.89. The molecule has 0 saturated carbocycles. The predicted molar refractivity (Wildman–Crippen MR) is 81.5 cm³/mol. The summed E-state index contributed by atoms with van der Waals surface area (Å²) >= 11 is 0. The first kappa shape index (κ1) is 18.6. The second kappa shape index (κ2) is 7.00. The molecule has 2 N–H and O–H groups in total. The fourth-order valence-corrected chi connectivity index (χ4v) is 3.18. The minimum Gasteiger partial charge on any atom is -0.396 e. The molecule has 0 spiro atoms. The number of aliphatic hydroxyl groups is 1. The van der Waals surface area contributed by atoms with Crippen molar-refractivity contribution in [3.05, 3.63) is 17.0 Å². The van der Waals surface area contributed by atoms with Gasteiger partial charge in [0.25, 0.3) is 0 Å². The molecule has 1 saturated heterocycles. The molecule has 1 aliphatic rings. The van der Waals surface area contributed by atoms with Crippen molar-refractivity contribution in [3.8, 4) is 0 Å². The smallest absolute Gasteiger partial charge is 0.396 e. The van der Waals surface area contributed by atoms with E-state index in [0.717, 1.165) is 11.1 Å². The van der Waals surface area contributed by atoms with Crippen molar-refractivity contribution in [1.82, 2.24) is 20.0 Å². The second-order valence-electron chi connectivity index (χ2n) is 6.31. The van der Waals surface area contributed by atoms with Gasteiger partial charge in [-0.05, 0) is 27.2 Å². The fourth-order valence-electron chi connectivity index (χ4n) is 3.18. The molecule has 1 fully saturated rings. The van der Waals surface area contributed by atoms with Crippen LogP contribution in [-0.4, -0.2) is 51.7 Å². The van der Waals surface area contributed by atoms with Gasteiger partial charge in [-0.25, -0.2) is 4.79 Å². The summed E-state index contributed by atoms with van der Waals surface area (Å²) in [7, 11) is 0. The van der Waals surface area contributed by atoms with E-state index in [-0.39, 0.29) is 18.6 Å². The topological polar surface area (TPSA) is 70.4 Å². The number of nitrogens with zero attached hydrogens (tertiary/aromatic N) is 3. The third-order valence-electron chi connectivity index (χ3n) is 4.37. The van der Waals surface area contributed by atoms with Crippen LogP contribution >= 0.6 is 0 Å². The minimum atomic E-state index is -4.35. The van der Waals surface area contributed by atoms with Gasteiger partial charge in [0, 0.05) is 36.9 Å². The Balaban J connectivity index is 2.07. The molecule has 2 atom stereocenters. The van der Waals surface area contributed by atoms with Crippen LogP contribution in [0.2, 0.25) is 0 Å². The highest BCUT2D eigenvalue weighted by Gasteiger charge is 2.31. The van der Waals surface area contributed by atoms with Gasteiger partial charge in [0.15, 0.2) is 0 Å². The first-order chi connectivity index (χ1) is 11.1. The molecule has 2 amide bonds. The first-order valence-electron chi connectivity index (χ1n) is 7.89. The highest BCUT2D eigenvalue weighted by molar-refractivity contribution is 5.75. The number of carbonyl (C=O) groups is 1. The largest absolute Gasteiger partial charge is 0.408 e. The number of nitrogens with one attached hydrogen (secondary N) is 1. The molecule has 0 aliphatic carbocycles. The van der Waals surface area contributed by atoms with E-state index in [1.54, 1.807) is 25.7 Å². The van der Waals surface area contributed by atoms with Crippen LogP contribution < -0.4 is 5.32 Å². The highest BCUT2D eigenvalue weighted by atomic mass is 19.4. The Morgan fingerprint density at radius 3 is 2.67 bits per heavy atom. The number of amides is 2. The lowest BCUT2D eigenvalue weighted by atomic mass is 10.1. The Kier molecular flexibility index (Phi) is 5.42. The van der Waals surface area contributed by atoms with Crippen molar-refractivity contribution >= 4 is 6.03 Å². The summed E-state index contributed by atoms with van der Waals surface area (Å²) in [5.74, 6) is 0.0871. The third-order valence-corrected chi connectivity index (χ3v) is 4.37. The van der Waals surface area contributed by atoms with Gasteiger partial charge in [-0.3, -0.25) is 4.68 Å². The number of rotatable bonds is 4. The van der Waals surface area contributed by atoms with Crippen LogP contribution in [0.5, 0.6) is 0 Å². The van der Waals surface area contributed by atoms with E-state index in [1.807, 2.05) is 0 Å². The number of aryl methyl sites for hydroxylation is 1. The molecule has 136 valence electrons. The van der Waals surface area contributed by atoms with Crippen molar-refractivity contribution in [3.63, 3.8) is 0 Å². The van der Waals surface area contributed by atoms with Crippen molar-refractivity contribution in [2.45, 2.75) is 46.0 Å². The van der Waals surface area contributed by atoms with Gasteiger partial charge in [0.05, 0.1) is 11.7 Å². The van der Waals surface area contributed by atoms with Gasteiger partial charge in [-0.1, -0.05) is 0 Å². The third kappa shape index (κ3) is 4.19. The molecule has 24 heavy (non-hydrogen) atoms. The van der Waals surface area contributed by atoms with Crippen molar-refractivity contribution in [2.24, 2.45) is 5.92 Å². The number of hydrogen-bond donors (Lipinski definition) is 2. The molecule has 0 bridgehead atoms. The predicted octanol–water partition coefficient (Wildman–Crippen LogP) is 2.15. The van der Waals surface area contributed by atoms with E-state index in [2.05, 4.69) is 10.4 Å². The summed E-state index contributed by atoms with van der Waals surface area (Å²) in [6.07, 6.45) is -3.60. The normalized spacial score (nSPS) is 19.6. The zero-order valence-electron chi connectivity index (χ0n) is 14.0. The average molecular weight is 348 g/mol. The minimum absolute atomic E-state index is 0.0434. The fraction of sp³-hybridized carbons (Fsp3) is 0.733. The van der Waals surface area contributed by atoms with Gasteiger partial charge in [0.2, 0.25) is 0 Å². The Hall–Kier alpha value is -1.77. The number of halogens is 3. The Labute approximate surface area is 138 Å². The number of carbonyl (C=O) groups excluding carboxylic acids is 1. The van der Waals surface area contributed by atoms with Crippen LogP contribution in [0.3, 0.4) is 0 Å². The average Bonchev–Trinajstić information content (AvgIpc) is 3.03. The number of urea groups is 1. The quantitative estimate of drug-likeness (QED) is 0.876. The molecule has 0 radical (unpaired) electrons. The Morgan fingerprint density at radius 1 is 1.46 bits per heavy atom. The van der Waals surface area contributed by atoms with Crippen molar-refractivity contribution in [2.75, 3.05) is 19.7 Å². The SMILES string of the molecule is Cc1nn(CC(F)(F)F)c(C)c1C(C)NC(=O)N1CCC(CO)C1. The molecule has 0 aromatic carbocycles. The number of aromatic nitrogens is 2. The summed E-state index contributed by atoms with van der Waals surface area (Å²) in [5, 5.41) is 15.9. The van der Waals surface area contributed by atoms with Crippen molar-refractivity contribution < 1.29 is 23.1 Å². The molecule has 2 unspecified atom stereocenters. The van der Waals surface area contributed by atoms with Crippen LogP contribution in [0.1, 0.15) is 36.3 Å². The van der Waals surface area contributed by atoms with E-state index in [9.17, 15) is 18.0 Å². The Morgan fingerprint density at radius 2 is 2.12 bits per heavy atom. The second-order valence-corrected chi connectivity index (χ2v) is 6.31. The summed E-state index contributed by atoms with van der Waals surface area (Å²) in [6.45, 7) is 4.88. The maximum Gasteiger partial charge on any atom is 0.408 e. The number of likely N-dealkylation sites (tertiary alicyclic amines) is 1. The maximum atomic E-state index is 12.6. The van der Waals surface area contributed by atoms with E-state index in [0.29, 0.717) is 30.0 Å². The lowest BCUT2D eigenvalue weighted by Crippen LogP contribution is -2.40. The summed E-state index contributed by atoms with van der Waals surface area (Å²) < 4.78 is 38.7. The molecule has 9 heteroatoms. The van der Waals surface area contributed by atoms with Crippen LogP contribution in [0, 0.1) is 19.8 Å². The number of hydrogen-bond acceptors (Lipinski definition) is 3. The number of aliphatic hydroxyl groups excluding tert-OH is 1. The van der Waals surface area contributed by atoms with Crippen molar-refractivity contribution in [1.29, 1.82) is 0 Å². The van der Waals surface area contributed by atoms with Crippen LogP contribution in [0.15, 0.2) is 0 Å². The maximum absolute atomic E-state index is 12.6. The highest BCUT2D eigenvalue weighted by Crippen LogP contribution is 2.25. The molecule has 1 aromatic rings. The van der Waals surface area contributed by atoms with Gasteiger partial charge < -0.3 is 15.3 Å². The monoisotopic (exact) mass is 348 g/mol. The molecular weight excluding hydrogens is 325 g/mol. The van der Waals surface area contributed by atoms with E-state index >= 15 is 0 Å². The summed E-state index contributed by atoms with van der Waals surface area (Å²) in [6, 6.07) is -0.728. The molecular formula is C15H23F3N4O2. The van der Waals surface area contributed by atoms with Gasteiger partial charge in [-0.15, -0.1) is 0 Å². The van der Waals surface area contributed by atoms with E-state index in [1.165, 1.54) is 0 Å². The van der Waals surface area contributed by atoms with Crippen LogP contribution in [0.25, 0.3) is 0 Å². The zero-order chi connectivity index (χ0) is 18.1. The van der Waals surface area contributed by atoms with Crippen LogP contribution in [-0.2, 0) is 6.54 Å². The molecule has 6 nitrogen and oxygen atoms in total. The summed E-state index contributed by atoms with van der Waals surface area (Å²) in [4.78, 5) is 13.9. The van der Waals surface area contributed by atoms with Gasteiger partial charge >= 0.3 is 12.2 Å². The van der Waals surface area contributed by atoms with E-state index < -0.39 is 18.8 Å². The van der Waals surface area contributed by atoms with E-state index in [4.69, 9.17) is 5.11 Å². The van der Waals surface area contributed by atoms with Crippen LogP contribution in [0.4, 0.5) is 18.0 Å². The zero-order valence-corrected chi connectivity index (χ0v) is 14.0. The molecule has 1 aliphatic heterocycles. The molecule has 2 heterocycles. The molecule has 2 rings (SSSR count). The molecule has 1 aromatic heterocycles. The lowest BCUT2D eigenvalue weighted by molar-refractivity contribution is -0.143. The van der Waals surface area contributed by atoms with Gasteiger partial charge in [0.1, 0.15) is 6.54 Å². The lowest BCUT2D eigenvalue weighted by Gasteiger charge is -2.21.